The van der Waals surface area contributed by atoms with Gasteiger partial charge >= 0.3 is 0 Å². The summed E-state index contributed by atoms with van der Waals surface area (Å²) in [5, 5.41) is 6.74. The molecule has 0 spiro atoms. The van der Waals surface area contributed by atoms with Crippen LogP contribution in [0.15, 0.2) is 60.9 Å². The Hall–Kier alpha value is -2.88. The van der Waals surface area contributed by atoms with Crippen molar-refractivity contribution in [2.45, 2.75) is 26.9 Å². The summed E-state index contributed by atoms with van der Waals surface area (Å²) in [7, 11) is 0. The second-order valence-electron chi connectivity index (χ2n) is 5.84. The highest BCUT2D eigenvalue weighted by Gasteiger charge is 2.05. The highest BCUT2D eigenvalue weighted by molar-refractivity contribution is 5.43. The second kappa shape index (κ2) is 7.59. The molecule has 0 aliphatic rings. The number of nitrogens with zero attached hydrogens (tertiary/aromatic N) is 2. The van der Waals surface area contributed by atoms with Gasteiger partial charge in [-0.05, 0) is 60.4 Å². The minimum Gasteiger partial charge on any atom is -0.366 e. The van der Waals surface area contributed by atoms with E-state index in [1.165, 1.54) is 22.3 Å². The number of aryl methyl sites for hydroxylation is 2. The van der Waals surface area contributed by atoms with E-state index in [1.807, 2.05) is 36.4 Å². The molecule has 4 nitrogen and oxygen atoms in total. The summed E-state index contributed by atoms with van der Waals surface area (Å²) in [5.41, 5.74) is 5.14. The van der Waals surface area contributed by atoms with Gasteiger partial charge in [-0.1, -0.05) is 24.3 Å². The Morgan fingerprint density at radius 2 is 1.17 bits per heavy atom. The van der Waals surface area contributed by atoms with Gasteiger partial charge in [-0.3, -0.25) is 0 Å². The summed E-state index contributed by atoms with van der Waals surface area (Å²) >= 11 is 0. The maximum atomic E-state index is 4.30. The van der Waals surface area contributed by atoms with Crippen molar-refractivity contribution in [2.24, 2.45) is 0 Å². The molecule has 122 valence electrons. The van der Waals surface area contributed by atoms with E-state index in [9.17, 15) is 0 Å². The van der Waals surface area contributed by atoms with Gasteiger partial charge in [0.15, 0.2) is 0 Å². The maximum Gasteiger partial charge on any atom is 0.126 e. The van der Waals surface area contributed by atoms with Crippen molar-refractivity contribution in [3.8, 4) is 0 Å². The Morgan fingerprint density at radius 3 is 1.54 bits per heavy atom. The molecule has 0 atom stereocenters. The average molecular weight is 318 g/mol. The summed E-state index contributed by atoms with van der Waals surface area (Å²) in [6, 6.07) is 16.3. The molecule has 0 saturated carbocycles. The van der Waals surface area contributed by atoms with Crippen molar-refractivity contribution in [1.29, 1.82) is 0 Å². The van der Waals surface area contributed by atoms with Crippen LogP contribution < -0.4 is 10.6 Å². The molecule has 0 amide bonds. The van der Waals surface area contributed by atoms with E-state index >= 15 is 0 Å². The third kappa shape index (κ3) is 4.10. The van der Waals surface area contributed by atoms with Crippen molar-refractivity contribution in [1.82, 2.24) is 9.97 Å². The Morgan fingerprint density at radius 1 is 0.708 bits per heavy atom. The molecule has 2 N–H and O–H groups in total. The van der Waals surface area contributed by atoms with Gasteiger partial charge in [-0.2, -0.15) is 0 Å². The minimum absolute atomic E-state index is 0.775. The first-order chi connectivity index (χ1) is 11.7. The molecule has 0 fully saturated rings. The van der Waals surface area contributed by atoms with E-state index in [2.05, 4.69) is 46.6 Å². The van der Waals surface area contributed by atoms with Gasteiger partial charge in [0, 0.05) is 25.5 Å². The lowest BCUT2D eigenvalue weighted by Gasteiger charge is -2.14. The number of rotatable bonds is 6. The molecule has 4 heteroatoms. The zero-order valence-electron chi connectivity index (χ0n) is 14.1. The zero-order valence-corrected chi connectivity index (χ0v) is 14.1. The molecule has 0 bridgehead atoms. The van der Waals surface area contributed by atoms with Crippen LogP contribution >= 0.6 is 0 Å². The SMILES string of the molecule is Cc1cc(CNc2ccccn2)c(C)cc1CNc1ccccn1. The molecule has 0 unspecified atom stereocenters. The Balaban J connectivity index is 1.67. The van der Waals surface area contributed by atoms with Crippen molar-refractivity contribution >= 4 is 11.6 Å². The van der Waals surface area contributed by atoms with E-state index in [0.717, 1.165) is 24.7 Å². The number of aromatic nitrogens is 2. The summed E-state index contributed by atoms with van der Waals surface area (Å²) in [6.45, 7) is 5.85. The molecule has 2 heterocycles. The van der Waals surface area contributed by atoms with Gasteiger partial charge in [0.05, 0.1) is 0 Å². The Kier molecular flexibility index (Phi) is 5.06. The smallest absolute Gasteiger partial charge is 0.126 e. The van der Waals surface area contributed by atoms with Crippen molar-refractivity contribution in [2.75, 3.05) is 10.6 Å². The predicted octanol–water partition coefficient (Wildman–Crippen LogP) is 4.32. The molecule has 0 radical (unpaired) electrons. The third-order valence-electron chi connectivity index (χ3n) is 4.04. The number of benzene rings is 1. The van der Waals surface area contributed by atoms with Crippen LogP contribution in [-0.4, -0.2) is 9.97 Å². The fraction of sp³-hybridized carbons (Fsp3) is 0.200. The number of anilines is 2. The van der Waals surface area contributed by atoms with Crippen LogP contribution in [0.25, 0.3) is 0 Å². The maximum absolute atomic E-state index is 4.30. The largest absolute Gasteiger partial charge is 0.366 e. The molecular weight excluding hydrogens is 296 g/mol. The minimum atomic E-state index is 0.775. The van der Waals surface area contributed by atoms with E-state index in [1.54, 1.807) is 12.4 Å². The van der Waals surface area contributed by atoms with Crippen LogP contribution in [0.1, 0.15) is 22.3 Å². The molecule has 0 saturated heterocycles. The molecular formula is C20H22N4. The van der Waals surface area contributed by atoms with Gasteiger partial charge in [-0.25, -0.2) is 9.97 Å². The van der Waals surface area contributed by atoms with Gasteiger partial charge in [0.2, 0.25) is 0 Å². The lowest BCUT2D eigenvalue weighted by molar-refractivity contribution is 1.04. The first-order valence-electron chi connectivity index (χ1n) is 8.11. The normalized spacial score (nSPS) is 10.4. The van der Waals surface area contributed by atoms with Crippen LogP contribution in [0.4, 0.5) is 11.6 Å². The average Bonchev–Trinajstić information content (AvgIpc) is 2.62. The summed E-state index contributed by atoms with van der Waals surface area (Å²) < 4.78 is 0. The van der Waals surface area contributed by atoms with Crippen LogP contribution in [-0.2, 0) is 13.1 Å². The van der Waals surface area contributed by atoms with Gasteiger partial charge in [0.1, 0.15) is 11.6 Å². The first kappa shape index (κ1) is 16.0. The Bertz CT molecular complexity index is 716. The predicted molar refractivity (Wildman–Crippen MR) is 99.0 cm³/mol. The fourth-order valence-corrected chi connectivity index (χ4v) is 2.62. The molecule has 2 aromatic heterocycles. The summed E-state index contributed by atoms with van der Waals surface area (Å²) in [5.74, 6) is 1.80. The molecule has 3 rings (SSSR count). The van der Waals surface area contributed by atoms with E-state index in [-0.39, 0.29) is 0 Å². The fourth-order valence-electron chi connectivity index (χ4n) is 2.62. The van der Waals surface area contributed by atoms with Gasteiger partial charge in [-0.15, -0.1) is 0 Å². The van der Waals surface area contributed by atoms with E-state index in [0.29, 0.717) is 0 Å². The summed E-state index contributed by atoms with van der Waals surface area (Å²) in [6.07, 6.45) is 3.60. The second-order valence-corrected chi connectivity index (χ2v) is 5.84. The Labute approximate surface area is 143 Å². The van der Waals surface area contributed by atoms with E-state index in [4.69, 9.17) is 0 Å². The summed E-state index contributed by atoms with van der Waals surface area (Å²) in [4.78, 5) is 8.60. The molecule has 0 aliphatic heterocycles. The molecule has 24 heavy (non-hydrogen) atoms. The highest BCUT2D eigenvalue weighted by Crippen LogP contribution is 2.18. The number of nitrogens with one attached hydrogen (secondary N) is 2. The third-order valence-corrected chi connectivity index (χ3v) is 4.04. The lowest BCUT2D eigenvalue weighted by atomic mass is 9.99. The quantitative estimate of drug-likeness (QED) is 0.711. The molecule has 3 aromatic rings. The number of hydrogen-bond donors (Lipinski definition) is 2. The molecule has 0 aliphatic carbocycles. The number of pyridine rings is 2. The van der Waals surface area contributed by atoms with Crippen molar-refractivity contribution in [3.63, 3.8) is 0 Å². The highest BCUT2D eigenvalue weighted by atomic mass is 15.0. The van der Waals surface area contributed by atoms with Crippen LogP contribution in [0.3, 0.4) is 0 Å². The van der Waals surface area contributed by atoms with Gasteiger partial charge < -0.3 is 10.6 Å². The van der Waals surface area contributed by atoms with E-state index < -0.39 is 0 Å². The van der Waals surface area contributed by atoms with Gasteiger partial charge in [0.25, 0.3) is 0 Å². The van der Waals surface area contributed by atoms with Crippen LogP contribution in [0.2, 0.25) is 0 Å². The molecule has 1 aromatic carbocycles. The topological polar surface area (TPSA) is 49.8 Å². The zero-order chi connectivity index (χ0) is 16.8. The monoisotopic (exact) mass is 318 g/mol. The van der Waals surface area contributed by atoms with Crippen molar-refractivity contribution < 1.29 is 0 Å². The van der Waals surface area contributed by atoms with Crippen LogP contribution in [0, 0.1) is 13.8 Å². The first-order valence-corrected chi connectivity index (χ1v) is 8.11. The standard InChI is InChI=1S/C20H22N4/c1-15-11-18(14-24-20-8-4-6-10-22-20)16(2)12-17(15)13-23-19-7-3-5-9-21-19/h3-12H,13-14H2,1-2H3,(H,21,23)(H,22,24). The van der Waals surface area contributed by atoms with Crippen molar-refractivity contribution in [3.05, 3.63) is 83.2 Å². The lowest BCUT2D eigenvalue weighted by Crippen LogP contribution is -2.07. The van der Waals surface area contributed by atoms with Crippen LogP contribution in [0.5, 0.6) is 0 Å². The number of hydrogen-bond acceptors (Lipinski definition) is 4.